The van der Waals surface area contributed by atoms with Crippen molar-refractivity contribution < 1.29 is 27.5 Å². The lowest BCUT2D eigenvalue weighted by atomic mass is 9.96. The van der Waals surface area contributed by atoms with E-state index in [0.29, 0.717) is 22.9 Å². The molecule has 1 aliphatic rings. The summed E-state index contributed by atoms with van der Waals surface area (Å²) in [6, 6.07) is 5.69. The smallest absolute Gasteiger partial charge is 0.386 e. The quantitative estimate of drug-likeness (QED) is 0.268. The van der Waals surface area contributed by atoms with Crippen molar-refractivity contribution in [2.75, 3.05) is 23.3 Å². The van der Waals surface area contributed by atoms with Crippen LogP contribution in [0.1, 0.15) is 76.3 Å². The summed E-state index contributed by atoms with van der Waals surface area (Å²) in [5.74, 6) is -2.89. The highest BCUT2D eigenvalue weighted by Gasteiger charge is 2.42. The number of benzene rings is 1. The van der Waals surface area contributed by atoms with E-state index in [0.717, 1.165) is 47.9 Å². The third-order valence-corrected chi connectivity index (χ3v) is 6.62. The van der Waals surface area contributed by atoms with Gasteiger partial charge in [-0.15, -0.1) is 10.2 Å². The fourth-order valence-electron chi connectivity index (χ4n) is 3.86. The molecule has 0 amide bonds. The van der Waals surface area contributed by atoms with Gasteiger partial charge in [-0.3, -0.25) is 4.79 Å². The minimum Gasteiger partial charge on any atom is -0.386 e. The molecular weight excluding hydrogens is 493 g/mol. The van der Waals surface area contributed by atoms with Crippen LogP contribution in [0.3, 0.4) is 0 Å². The number of carbonyl (C=O) groups excluding carboxylic acids is 2. The number of aromatic nitrogens is 2. The van der Waals surface area contributed by atoms with Gasteiger partial charge in [-0.1, -0.05) is 52.0 Å². The van der Waals surface area contributed by atoms with Gasteiger partial charge in [0.05, 0.1) is 17.8 Å². The van der Waals surface area contributed by atoms with Crippen LogP contribution in [0.5, 0.6) is 0 Å². The first-order valence-corrected chi connectivity index (χ1v) is 13.0. The number of alkyl halides is 3. The van der Waals surface area contributed by atoms with Crippen molar-refractivity contribution in [3.8, 4) is 0 Å². The third kappa shape index (κ3) is 7.91. The summed E-state index contributed by atoms with van der Waals surface area (Å²) in [6.45, 7) is 12.0. The molecule has 1 fully saturated rings. The maximum atomic E-state index is 12.4. The molecule has 1 saturated carbocycles. The summed E-state index contributed by atoms with van der Waals surface area (Å²) in [7, 11) is 0. The number of halogens is 3. The second kappa shape index (κ2) is 11.6. The fraction of sp³-hybridized carbons (Fsp3) is 0.600. The summed E-state index contributed by atoms with van der Waals surface area (Å²) >= 11 is 1.51. The SMILES string of the molecule is CC(C)CN(CC(C)C)c1ccc(C(C)CC(=O)OC(=O)C(F)(F)F)cc1Nc1nnc(C2CC2)s1. The molecule has 1 aromatic heterocycles. The van der Waals surface area contributed by atoms with E-state index in [2.05, 4.69) is 52.8 Å². The lowest BCUT2D eigenvalue weighted by molar-refractivity contribution is -0.201. The van der Waals surface area contributed by atoms with Crippen molar-refractivity contribution in [3.05, 3.63) is 28.8 Å². The number of nitrogens with one attached hydrogen (secondary N) is 1. The lowest BCUT2D eigenvalue weighted by Gasteiger charge is -2.31. The molecule has 0 radical (unpaired) electrons. The first-order chi connectivity index (χ1) is 16.8. The van der Waals surface area contributed by atoms with Crippen molar-refractivity contribution >= 4 is 39.8 Å². The standard InChI is InChI=1S/C25H33F3N4O3S/c1-14(2)12-32(13-15(3)4)20-9-8-18(16(5)10-21(33)35-23(34)25(26,27)28)11-19(20)29-24-31-30-22(36-24)17-6-7-17/h8-9,11,14-17H,6-7,10,12-13H2,1-5H3,(H,29,31). The Kier molecular flexibility index (Phi) is 8.97. The summed E-state index contributed by atoms with van der Waals surface area (Å²) in [4.78, 5) is 25.3. The van der Waals surface area contributed by atoms with Crippen molar-refractivity contribution in [1.29, 1.82) is 0 Å². The summed E-state index contributed by atoms with van der Waals surface area (Å²) in [5.41, 5.74) is 2.46. The lowest BCUT2D eigenvalue weighted by Crippen LogP contribution is -2.31. The largest absolute Gasteiger partial charge is 0.491 e. The van der Waals surface area contributed by atoms with Gasteiger partial charge in [0, 0.05) is 19.0 Å². The highest BCUT2D eigenvalue weighted by molar-refractivity contribution is 7.15. The van der Waals surface area contributed by atoms with Gasteiger partial charge in [-0.2, -0.15) is 13.2 Å². The zero-order valence-electron chi connectivity index (χ0n) is 21.2. The highest BCUT2D eigenvalue weighted by atomic mass is 32.1. The van der Waals surface area contributed by atoms with Crippen LogP contribution in [0, 0.1) is 11.8 Å². The molecule has 1 N–H and O–H groups in total. The molecule has 1 heterocycles. The number of anilines is 3. The van der Waals surface area contributed by atoms with Gasteiger partial charge < -0.3 is 15.0 Å². The fourth-order valence-corrected chi connectivity index (χ4v) is 4.78. The van der Waals surface area contributed by atoms with Crippen LogP contribution < -0.4 is 10.2 Å². The summed E-state index contributed by atoms with van der Waals surface area (Å²) < 4.78 is 41.3. The summed E-state index contributed by atoms with van der Waals surface area (Å²) in [5, 5.41) is 13.6. The number of ether oxygens (including phenoxy) is 1. The molecule has 1 aliphatic carbocycles. The van der Waals surface area contributed by atoms with E-state index in [9.17, 15) is 22.8 Å². The molecule has 3 rings (SSSR count). The van der Waals surface area contributed by atoms with E-state index in [4.69, 9.17) is 0 Å². The third-order valence-electron chi connectivity index (χ3n) is 5.62. The van der Waals surface area contributed by atoms with E-state index >= 15 is 0 Å². The minimum absolute atomic E-state index is 0.368. The van der Waals surface area contributed by atoms with Crippen molar-refractivity contribution in [3.63, 3.8) is 0 Å². The molecule has 0 spiro atoms. The van der Waals surface area contributed by atoms with Gasteiger partial charge in [0.25, 0.3) is 0 Å². The zero-order chi connectivity index (χ0) is 26.6. The predicted octanol–water partition coefficient (Wildman–Crippen LogP) is 6.40. The van der Waals surface area contributed by atoms with Crippen LogP contribution in [0.15, 0.2) is 18.2 Å². The van der Waals surface area contributed by atoms with Crippen molar-refractivity contribution in [2.24, 2.45) is 11.8 Å². The Bertz CT molecular complexity index is 1060. The maximum absolute atomic E-state index is 12.4. The van der Waals surface area contributed by atoms with E-state index in [1.807, 2.05) is 18.2 Å². The van der Waals surface area contributed by atoms with Crippen LogP contribution in [-0.4, -0.2) is 41.4 Å². The van der Waals surface area contributed by atoms with Gasteiger partial charge in [0.2, 0.25) is 5.13 Å². The first-order valence-electron chi connectivity index (χ1n) is 12.1. The number of hydrogen-bond acceptors (Lipinski definition) is 8. The predicted molar refractivity (Wildman–Crippen MR) is 134 cm³/mol. The molecular formula is C25H33F3N4O3S. The number of carbonyl (C=O) groups is 2. The molecule has 0 aliphatic heterocycles. The van der Waals surface area contributed by atoms with E-state index in [1.54, 1.807) is 6.92 Å². The highest BCUT2D eigenvalue weighted by Crippen LogP contribution is 2.43. The van der Waals surface area contributed by atoms with Crippen LogP contribution in [0.4, 0.5) is 29.7 Å². The Morgan fingerprint density at radius 2 is 1.75 bits per heavy atom. The molecule has 0 saturated heterocycles. The molecule has 1 atom stereocenters. The van der Waals surface area contributed by atoms with Crippen LogP contribution in [0.2, 0.25) is 0 Å². The zero-order valence-corrected chi connectivity index (χ0v) is 22.0. The molecule has 198 valence electrons. The first kappa shape index (κ1) is 27.9. The van der Waals surface area contributed by atoms with Gasteiger partial charge in [0.15, 0.2) is 0 Å². The van der Waals surface area contributed by atoms with Crippen molar-refractivity contribution in [1.82, 2.24) is 10.2 Å². The molecule has 36 heavy (non-hydrogen) atoms. The Morgan fingerprint density at radius 3 is 2.31 bits per heavy atom. The average Bonchev–Trinajstić information content (AvgIpc) is 3.51. The molecule has 7 nitrogen and oxygen atoms in total. The van der Waals surface area contributed by atoms with Crippen LogP contribution in [-0.2, 0) is 14.3 Å². The van der Waals surface area contributed by atoms with Gasteiger partial charge >= 0.3 is 18.1 Å². The Morgan fingerprint density at radius 1 is 1.11 bits per heavy atom. The van der Waals surface area contributed by atoms with Gasteiger partial charge in [0.1, 0.15) is 5.01 Å². The second-order valence-electron chi connectivity index (χ2n) is 10.2. The number of hydrogen-bond donors (Lipinski definition) is 1. The topological polar surface area (TPSA) is 84.4 Å². The normalized spacial score (nSPS) is 14.7. The number of rotatable bonds is 11. The molecule has 1 unspecified atom stereocenters. The van der Waals surface area contributed by atoms with E-state index in [-0.39, 0.29) is 6.42 Å². The van der Waals surface area contributed by atoms with Crippen molar-refractivity contribution in [2.45, 2.75) is 71.9 Å². The van der Waals surface area contributed by atoms with Gasteiger partial charge in [-0.25, -0.2) is 4.79 Å². The molecule has 11 heteroatoms. The second-order valence-corrected chi connectivity index (χ2v) is 11.2. The Hall–Kier alpha value is -2.69. The van der Waals surface area contributed by atoms with E-state index < -0.39 is 24.0 Å². The molecule has 1 aromatic carbocycles. The minimum atomic E-state index is -5.21. The maximum Gasteiger partial charge on any atom is 0.491 e. The Balaban J connectivity index is 1.87. The number of nitrogens with zero attached hydrogens (tertiary/aromatic N) is 3. The molecule has 2 aromatic rings. The van der Waals surface area contributed by atoms with Crippen LogP contribution >= 0.6 is 11.3 Å². The average molecular weight is 527 g/mol. The van der Waals surface area contributed by atoms with Gasteiger partial charge in [-0.05, 0) is 48.3 Å². The summed E-state index contributed by atoms with van der Waals surface area (Å²) in [6.07, 6.45) is -3.34. The van der Waals surface area contributed by atoms with Crippen LogP contribution in [0.25, 0.3) is 0 Å². The number of esters is 2. The molecule has 0 bridgehead atoms. The Labute approximate surface area is 213 Å². The monoisotopic (exact) mass is 526 g/mol. The van der Waals surface area contributed by atoms with E-state index in [1.165, 1.54) is 11.3 Å².